The van der Waals surface area contributed by atoms with Crippen molar-refractivity contribution in [3.05, 3.63) is 35.6 Å². The van der Waals surface area contributed by atoms with Crippen molar-refractivity contribution >= 4 is 22.7 Å². The number of furan rings is 1. The molecule has 0 spiro atoms. The van der Waals surface area contributed by atoms with E-state index in [-0.39, 0.29) is 6.04 Å². The third-order valence-electron chi connectivity index (χ3n) is 3.71. The molecule has 3 heteroatoms. The van der Waals surface area contributed by atoms with E-state index < -0.39 is 0 Å². The monoisotopic (exact) mass is 291 g/mol. The Morgan fingerprint density at radius 2 is 2.00 bits per heavy atom. The van der Waals surface area contributed by atoms with Crippen molar-refractivity contribution in [3.8, 4) is 0 Å². The summed E-state index contributed by atoms with van der Waals surface area (Å²) in [6.45, 7) is 8.80. The molecule has 0 saturated heterocycles. The third-order valence-corrected chi connectivity index (χ3v) is 4.64. The van der Waals surface area contributed by atoms with Crippen molar-refractivity contribution in [3.63, 3.8) is 0 Å². The predicted molar refractivity (Wildman–Crippen MR) is 89.6 cm³/mol. The number of nitrogens with one attached hydrogen (secondary N) is 1. The SMILES string of the molecule is CCSCCC(C)NC(C)c1oc2ccccc2c1C. The number of hydrogen-bond donors (Lipinski definition) is 1. The topological polar surface area (TPSA) is 25.2 Å². The fourth-order valence-corrected chi connectivity index (χ4v) is 3.41. The molecule has 2 aromatic rings. The van der Waals surface area contributed by atoms with Gasteiger partial charge in [0.2, 0.25) is 0 Å². The molecule has 1 aromatic carbocycles. The van der Waals surface area contributed by atoms with Crippen LogP contribution < -0.4 is 5.32 Å². The molecule has 1 aromatic heterocycles. The van der Waals surface area contributed by atoms with Crippen molar-refractivity contribution in [2.75, 3.05) is 11.5 Å². The van der Waals surface area contributed by atoms with Crippen LogP contribution in [-0.4, -0.2) is 17.5 Å². The molecular weight excluding hydrogens is 266 g/mol. The summed E-state index contributed by atoms with van der Waals surface area (Å²) in [5, 5.41) is 4.88. The number of aryl methyl sites for hydroxylation is 1. The molecule has 0 aliphatic rings. The first-order valence-corrected chi connectivity index (χ1v) is 8.60. The second-order valence-corrected chi connectivity index (χ2v) is 6.76. The predicted octanol–water partition coefficient (Wildman–Crippen LogP) is 4.92. The van der Waals surface area contributed by atoms with Crippen molar-refractivity contribution in [1.82, 2.24) is 5.32 Å². The van der Waals surface area contributed by atoms with Gasteiger partial charge in [0.1, 0.15) is 11.3 Å². The fourth-order valence-electron chi connectivity index (χ4n) is 2.60. The minimum atomic E-state index is 0.254. The number of thioether (sulfide) groups is 1. The average Bonchev–Trinajstić information content (AvgIpc) is 2.77. The third kappa shape index (κ3) is 3.58. The number of benzene rings is 1. The number of fused-ring (bicyclic) bond motifs is 1. The van der Waals surface area contributed by atoms with Gasteiger partial charge in [-0.1, -0.05) is 25.1 Å². The van der Waals surface area contributed by atoms with E-state index in [2.05, 4.69) is 45.1 Å². The summed E-state index contributed by atoms with van der Waals surface area (Å²) in [5.74, 6) is 3.49. The van der Waals surface area contributed by atoms with Gasteiger partial charge in [-0.05, 0) is 50.3 Å². The zero-order valence-corrected chi connectivity index (χ0v) is 13.7. The molecule has 110 valence electrons. The first-order chi connectivity index (χ1) is 9.63. The Kier molecular flexibility index (Phi) is 5.55. The highest BCUT2D eigenvalue weighted by Gasteiger charge is 2.17. The Bertz CT molecular complexity index is 549. The molecule has 2 rings (SSSR count). The van der Waals surface area contributed by atoms with E-state index in [1.165, 1.54) is 28.9 Å². The van der Waals surface area contributed by atoms with E-state index in [1.807, 2.05) is 23.9 Å². The van der Waals surface area contributed by atoms with Crippen LogP contribution in [0.3, 0.4) is 0 Å². The van der Waals surface area contributed by atoms with Crippen LogP contribution in [0.4, 0.5) is 0 Å². The van der Waals surface area contributed by atoms with Crippen molar-refractivity contribution in [2.45, 2.75) is 46.2 Å². The molecule has 0 aliphatic carbocycles. The average molecular weight is 291 g/mol. The van der Waals surface area contributed by atoms with Crippen molar-refractivity contribution in [1.29, 1.82) is 0 Å². The second kappa shape index (κ2) is 7.19. The van der Waals surface area contributed by atoms with Gasteiger partial charge in [0.15, 0.2) is 0 Å². The first kappa shape index (κ1) is 15.5. The molecule has 0 radical (unpaired) electrons. The van der Waals surface area contributed by atoms with Gasteiger partial charge in [0.05, 0.1) is 6.04 Å². The van der Waals surface area contributed by atoms with E-state index in [0.717, 1.165) is 11.3 Å². The van der Waals surface area contributed by atoms with E-state index >= 15 is 0 Å². The summed E-state index contributed by atoms with van der Waals surface area (Å²) < 4.78 is 6.02. The maximum atomic E-state index is 6.02. The van der Waals surface area contributed by atoms with E-state index in [0.29, 0.717) is 6.04 Å². The summed E-state index contributed by atoms with van der Waals surface area (Å²) in [6, 6.07) is 9.03. The van der Waals surface area contributed by atoms with Gasteiger partial charge in [0, 0.05) is 11.4 Å². The van der Waals surface area contributed by atoms with Gasteiger partial charge in [-0.15, -0.1) is 0 Å². The molecule has 1 heterocycles. The molecule has 1 N–H and O–H groups in total. The number of hydrogen-bond acceptors (Lipinski definition) is 3. The highest BCUT2D eigenvalue weighted by atomic mass is 32.2. The summed E-state index contributed by atoms with van der Waals surface area (Å²) >= 11 is 2.00. The molecule has 2 nitrogen and oxygen atoms in total. The molecule has 0 amide bonds. The quantitative estimate of drug-likeness (QED) is 0.733. The van der Waals surface area contributed by atoms with E-state index in [4.69, 9.17) is 4.42 Å². The van der Waals surface area contributed by atoms with Crippen LogP contribution in [-0.2, 0) is 0 Å². The Balaban J connectivity index is 2.03. The van der Waals surface area contributed by atoms with E-state index in [1.54, 1.807) is 0 Å². The van der Waals surface area contributed by atoms with E-state index in [9.17, 15) is 0 Å². The molecule has 2 unspecified atom stereocenters. The van der Waals surface area contributed by atoms with Crippen LogP contribution in [0.15, 0.2) is 28.7 Å². The summed E-state index contributed by atoms with van der Waals surface area (Å²) in [6.07, 6.45) is 1.20. The van der Waals surface area contributed by atoms with Gasteiger partial charge in [-0.25, -0.2) is 0 Å². The Hall–Kier alpha value is -0.930. The highest BCUT2D eigenvalue weighted by Crippen LogP contribution is 2.29. The first-order valence-electron chi connectivity index (χ1n) is 7.45. The van der Waals surface area contributed by atoms with Gasteiger partial charge >= 0.3 is 0 Å². The van der Waals surface area contributed by atoms with Crippen molar-refractivity contribution < 1.29 is 4.42 Å². The minimum Gasteiger partial charge on any atom is -0.459 e. The largest absolute Gasteiger partial charge is 0.459 e. The summed E-state index contributed by atoms with van der Waals surface area (Å²) in [4.78, 5) is 0. The van der Waals surface area contributed by atoms with Crippen LogP contribution in [0.25, 0.3) is 11.0 Å². The normalized spacial score (nSPS) is 14.6. The number of rotatable bonds is 7. The van der Waals surface area contributed by atoms with Gasteiger partial charge in [-0.2, -0.15) is 11.8 Å². The lowest BCUT2D eigenvalue weighted by atomic mass is 10.1. The van der Waals surface area contributed by atoms with Gasteiger partial charge in [0.25, 0.3) is 0 Å². The Morgan fingerprint density at radius 3 is 2.70 bits per heavy atom. The molecule has 0 aliphatic heterocycles. The minimum absolute atomic E-state index is 0.254. The lowest BCUT2D eigenvalue weighted by molar-refractivity contribution is 0.405. The maximum Gasteiger partial charge on any atom is 0.134 e. The molecule has 0 bridgehead atoms. The lowest BCUT2D eigenvalue weighted by Gasteiger charge is -2.19. The number of para-hydroxylation sites is 1. The van der Waals surface area contributed by atoms with Crippen LogP contribution in [0.1, 0.15) is 44.6 Å². The molecular formula is C17H25NOS. The Morgan fingerprint density at radius 1 is 1.25 bits per heavy atom. The standard InChI is InChI=1S/C17H25NOS/c1-5-20-11-10-12(2)18-14(4)17-13(3)15-8-6-7-9-16(15)19-17/h6-9,12,14,18H,5,10-11H2,1-4H3. The Labute approximate surface area is 126 Å². The fraction of sp³-hybridized carbons (Fsp3) is 0.529. The molecule has 0 fully saturated rings. The molecule has 0 saturated carbocycles. The zero-order valence-electron chi connectivity index (χ0n) is 12.9. The summed E-state index contributed by atoms with van der Waals surface area (Å²) in [7, 11) is 0. The molecule has 20 heavy (non-hydrogen) atoms. The van der Waals surface area contributed by atoms with Crippen LogP contribution in [0.5, 0.6) is 0 Å². The van der Waals surface area contributed by atoms with Gasteiger partial charge in [-0.3, -0.25) is 0 Å². The zero-order chi connectivity index (χ0) is 14.5. The van der Waals surface area contributed by atoms with Crippen LogP contribution in [0.2, 0.25) is 0 Å². The van der Waals surface area contributed by atoms with Crippen molar-refractivity contribution in [2.24, 2.45) is 0 Å². The second-order valence-electron chi connectivity index (χ2n) is 5.36. The maximum absolute atomic E-state index is 6.02. The smallest absolute Gasteiger partial charge is 0.134 e. The van der Waals surface area contributed by atoms with Gasteiger partial charge < -0.3 is 9.73 Å². The van der Waals surface area contributed by atoms with Crippen LogP contribution >= 0.6 is 11.8 Å². The highest BCUT2D eigenvalue weighted by molar-refractivity contribution is 7.99. The van der Waals surface area contributed by atoms with Crippen LogP contribution in [0, 0.1) is 6.92 Å². The molecule has 2 atom stereocenters. The summed E-state index contributed by atoms with van der Waals surface area (Å²) in [5.41, 5.74) is 2.25. The lowest BCUT2D eigenvalue weighted by Crippen LogP contribution is -2.29.